The van der Waals surface area contributed by atoms with E-state index in [1.54, 1.807) is 0 Å². The number of imidazole rings is 1. The molecule has 10 heteroatoms. The molecule has 47 heavy (non-hydrogen) atoms. The lowest BCUT2D eigenvalue weighted by Gasteiger charge is -2.10. The molecule has 0 atom stereocenters. The maximum absolute atomic E-state index is 13.1. The van der Waals surface area contributed by atoms with E-state index in [4.69, 9.17) is 9.68 Å². The molecule has 268 valence electrons. The summed E-state index contributed by atoms with van der Waals surface area (Å²) in [4.78, 5) is 68.1. The summed E-state index contributed by atoms with van der Waals surface area (Å²) in [6.07, 6.45) is 32.4. The molecule has 0 aliphatic carbocycles. The van der Waals surface area contributed by atoms with E-state index in [0.717, 1.165) is 38.5 Å². The average Bonchev–Trinajstić information content (AvgIpc) is 3.56. The van der Waals surface area contributed by atoms with Gasteiger partial charge in [0, 0.05) is 12.8 Å². The zero-order valence-electron chi connectivity index (χ0n) is 29.7. The van der Waals surface area contributed by atoms with Crippen molar-refractivity contribution in [2.24, 2.45) is 0 Å². The van der Waals surface area contributed by atoms with Crippen molar-refractivity contribution in [3.63, 3.8) is 0 Å². The molecule has 2 rings (SSSR count). The van der Waals surface area contributed by atoms with Crippen LogP contribution in [-0.4, -0.2) is 31.4 Å². The van der Waals surface area contributed by atoms with Gasteiger partial charge in [-0.1, -0.05) is 177 Å². The second-order valence-corrected chi connectivity index (χ2v) is 13.2. The van der Waals surface area contributed by atoms with E-state index >= 15 is 0 Å². The Bertz CT molecular complexity index is 1230. The number of unbranched alkanes of at least 4 members (excludes halogenated alkanes) is 24. The van der Waals surface area contributed by atoms with E-state index in [2.05, 4.69) is 23.8 Å². The fourth-order valence-corrected chi connectivity index (χ4v) is 5.99. The SMILES string of the molecule is CCCCCCCCCCCCCCCC(=O)On1c(=O)c2[nH]cnc2n(OC(=O)CCCCCCCCCCCCCCC)c1=O. The zero-order valence-corrected chi connectivity index (χ0v) is 29.7. The van der Waals surface area contributed by atoms with Crippen molar-refractivity contribution in [1.29, 1.82) is 0 Å². The highest BCUT2D eigenvalue weighted by molar-refractivity contribution is 5.73. The first-order valence-corrected chi connectivity index (χ1v) is 19.1. The average molecular weight is 661 g/mol. The number of nitrogens with zero attached hydrogens (tertiary/aromatic N) is 3. The van der Waals surface area contributed by atoms with Crippen LogP contribution in [0.2, 0.25) is 0 Å². The Kier molecular flexibility index (Phi) is 22.4. The number of fused-ring (bicyclic) bond motifs is 1. The quantitative estimate of drug-likeness (QED) is 0.0831. The predicted octanol–water partition coefficient (Wildman–Crippen LogP) is 8.76. The third-order valence-corrected chi connectivity index (χ3v) is 8.91. The minimum absolute atomic E-state index is 0.0868. The molecule has 0 saturated heterocycles. The van der Waals surface area contributed by atoms with Gasteiger partial charge in [0.25, 0.3) is 0 Å². The maximum atomic E-state index is 13.1. The molecule has 2 aromatic rings. The monoisotopic (exact) mass is 660 g/mol. The van der Waals surface area contributed by atoms with Crippen molar-refractivity contribution in [3.05, 3.63) is 27.2 Å². The van der Waals surface area contributed by atoms with E-state index in [1.807, 2.05) is 0 Å². The fraction of sp³-hybridized carbons (Fsp3) is 0.811. The molecule has 0 saturated carbocycles. The Morgan fingerprint density at radius 1 is 0.553 bits per heavy atom. The van der Waals surface area contributed by atoms with Gasteiger partial charge in [0.1, 0.15) is 0 Å². The van der Waals surface area contributed by atoms with Crippen molar-refractivity contribution in [2.75, 3.05) is 0 Å². The van der Waals surface area contributed by atoms with Gasteiger partial charge in [0.2, 0.25) is 5.65 Å². The van der Waals surface area contributed by atoms with Crippen molar-refractivity contribution < 1.29 is 19.3 Å². The van der Waals surface area contributed by atoms with Crippen molar-refractivity contribution >= 4 is 23.1 Å². The lowest BCUT2D eigenvalue weighted by atomic mass is 10.0. The number of carbonyl (C=O) groups is 2. The Morgan fingerprint density at radius 3 is 1.28 bits per heavy atom. The smallest absolute Gasteiger partial charge is 0.339 e. The number of aromatic nitrogens is 4. The van der Waals surface area contributed by atoms with Gasteiger partial charge in [-0.15, -0.1) is 0 Å². The van der Waals surface area contributed by atoms with Crippen molar-refractivity contribution in [2.45, 2.75) is 194 Å². The van der Waals surface area contributed by atoms with E-state index in [0.29, 0.717) is 22.3 Å². The number of H-pyrrole nitrogens is 1. The summed E-state index contributed by atoms with van der Waals surface area (Å²) in [5.41, 5.74) is -2.15. The molecular weight excluding hydrogens is 596 g/mol. The minimum Gasteiger partial charge on any atom is -0.339 e. The summed E-state index contributed by atoms with van der Waals surface area (Å²) in [6, 6.07) is 0. The van der Waals surface area contributed by atoms with Crippen LogP contribution in [0.4, 0.5) is 0 Å². The normalized spacial score (nSPS) is 11.4. The highest BCUT2D eigenvalue weighted by Crippen LogP contribution is 2.14. The second kappa shape index (κ2) is 26.1. The summed E-state index contributed by atoms with van der Waals surface area (Å²) >= 11 is 0. The van der Waals surface area contributed by atoms with Crippen LogP contribution in [0.5, 0.6) is 0 Å². The predicted molar refractivity (Wildman–Crippen MR) is 188 cm³/mol. The molecule has 0 aliphatic rings. The molecule has 1 N–H and O–H groups in total. The zero-order chi connectivity index (χ0) is 34.0. The molecule has 2 heterocycles. The summed E-state index contributed by atoms with van der Waals surface area (Å²) in [6.45, 7) is 4.48. The molecule has 0 aromatic carbocycles. The number of hydrogen-bond donors (Lipinski definition) is 1. The summed E-state index contributed by atoms with van der Waals surface area (Å²) in [5.74, 6) is -1.29. The van der Waals surface area contributed by atoms with Gasteiger partial charge in [-0.05, 0) is 12.8 Å². The summed E-state index contributed by atoms with van der Waals surface area (Å²) in [7, 11) is 0. The second-order valence-electron chi connectivity index (χ2n) is 13.2. The number of rotatable bonds is 30. The molecule has 10 nitrogen and oxygen atoms in total. The van der Waals surface area contributed by atoms with Crippen LogP contribution in [0.3, 0.4) is 0 Å². The van der Waals surface area contributed by atoms with Crippen LogP contribution in [-0.2, 0) is 9.59 Å². The first-order chi connectivity index (χ1) is 23.0. The molecule has 2 aromatic heterocycles. The molecule has 0 bridgehead atoms. The van der Waals surface area contributed by atoms with Crippen molar-refractivity contribution in [1.82, 2.24) is 19.4 Å². The summed E-state index contributed by atoms with van der Waals surface area (Å²) in [5, 5.41) is 0. The van der Waals surface area contributed by atoms with Gasteiger partial charge in [0.05, 0.1) is 6.33 Å². The van der Waals surface area contributed by atoms with Crippen LogP contribution in [0.1, 0.15) is 194 Å². The van der Waals surface area contributed by atoms with E-state index in [1.165, 1.54) is 122 Å². The van der Waals surface area contributed by atoms with Gasteiger partial charge in [0.15, 0.2) is 5.52 Å². The lowest BCUT2D eigenvalue weighted by molar-refractivity contribution is -0.147. The number of aromatic amines is 1. The van der Waals surface area contributed by atoms with Crippen LogP contribution in [0.15, 0.2) is 15.9 Å². The van der Waals surface area contributed by atoms with Crippen LogP contribution < -0.4 is 20.9 Å². The third kappa shape index (κ3) is 17.2. The standard InChI is InChI=1S/C37H64N4O6/c1-3-5-7-9-11-13-15-17-19-21-23-25-27-29-32(42)46-40-35-34(38-31-39-35)36(44)41(37(40)45)47-33(43)30-28-26-24-22-20-18-16-14-12-10-8-6-4-2/h31H,3-30H2,1-2H3,(H,38,39). The highest BCUT2D eigenvalue weighted by Gasteiger charge is 2.21. The number of nitrogens with one attached hydrogen (secondary N) is 1. The Labute approximate surface area is 282 Å². The van der Waals surface area contributed by atoms with Crippen LogP contribution >= 0.6 is 0 Å². The summed E-state index contributed by atoms with van der Waals surface area (Å²) < 4.78 is 0.986. The van der Waals surface area contributed by atoms with Gasteiger partial charge < -0.3 is 14.7 Å². The highest BCUT2D eigenvalue weighted by atomic mass is 16.7. The largest absolute Gasteiger partial charge is 0.400 e. The van der Waals surface area contributed by atoms with E-state index in [9.17, 15) is 19.2 Å². The third-order valence-electron chi connectivity index (χ3n) is 8.91. The van der Waals surface area contributed by atoms with E-state index in [-0.39, 0.29) is 24.0 Å². The fourth-order valence-electron chi connectivity index (χ4n) is 5.99. The van der Waals surface area contributed by atoms with Crippen LogP contribution in [0.25, 0.3) is 11.2 Å². The van der Waals surface area contributed by atoms with Gasteiger partial charge >= 0.3 is 23.2 Å². The molecule has 0 aliphatic heterocycles. The Hall–Kier alpha value is -2.91. The Balaban J connectivity index is 1.66. The van der Waals surface area contributed by atoms with E-state index < -0.39 is 23.2 Å². The minimum atomic E-state index is -1.08. The maximum Gasteiger partial charge on any atom is 0.400 e. The topological polar surface area (TPSA) is 125 Å². The molecule has 0 radical (unpaired) electrons. The number of carbonyl (C=O) groups excluding carboxylic acids is 2. The lowest BCUT2D eigenvalue weighted by Crippen LogP contribution is -2.47. The number of hydrogen-bond acceptors (Lipinski definition) is 7. The van der Waals surface area contributed by atoms with Crippen LogP contribution in [0, 0.1) is 0 Å². The molecular formula is C37H64N4O6. The van der Waals surface area contributed by atoms with Gasteiger partial charge in [-0.3, -0.25) is 4.79 Å². The first kappa shape index (κ1) is 40.3. The molecule has 0 spiro atoms. The van der Waals surface area contributed by atoms with Gasteiger partial charge in [-0.2, -0.15) is 0 Å². The molecule has 0 unspecified atom stereocenters. The van der Waals surface area contributed by atoms with Crippen molar-refractivity contribution in [3.8, 4) is 0 Å². The molecule has 0 fully saturated rings. The van der Waals surface area contributed by atoms with Gasteiger partial charge in [-0.25, -0.2) is 19.4 Å². The molecule has 0 amide bonds. The Morgan fingerprint density at radius 2 is 0.894 bits per heavy atom. The first-order valence-electron chi connectivity index (χ1n) is 19.1.